The number of aromatic amines is 1. The number of amides is 1. The zero-order valence-corrected chi connectivity index (χ0v) is 15.3. The number of halogens is 1. The van der Waals surface area contributed by atoms with Crippen LogP contribution in [0, 0.1) is 6.92 Å². The second-order valence-electron chi connectivity index (χ2n) is 5.33. The lowest BCUT2D eigenvalue weighted by atomic mass is 10.2. The summed E-state index contributed by atoms with van der Waals surface area (Å²) < 4.78 is 34.8. The van der Waals surface area contributed by atoms with Crippen molar-refractivity contribution in [1.29, 1.82) is 0 Å². The van der Waals surface area contributed by atoms with Crippen LogP contribution >= 0.6 is 11.6 Å². The lowest BCUT2D eigenvalue weighted by Gasteiger charge is -2.09. The van der Waals surface area contributed by atoms with Gasteiger partial charge >= 0.3 is 16.2 Å². The molecule has 0 radical (unpaired) electrons. The van der Waals surface area contributed by atoms with Crippen molar-refractivity contribution in [1.82, 2.24) is 9.97 Å². The quantitative estimate of drug-likeness (QED) is 0.654. The number of ether oxygens (including phenoxy) is 1. The highest BCUT2D eigenvalue weighted by Crippen LogP contribution is 2.27. The van der Waals surface area contributed by atoms with Gasteiger partial charge in [0, 0.05) is 11.1 Å². The van der Waals surface area contributed by atoms with Crippen LogP contribution in [-0.4, -0.2) is 31.6 Å². The molecule has 0 saturated carbocycles. The molecule has 3 aromatic rings. The first-order valence-electron chi connectivity index (χ1n) is 7.34. The van der Waals surface area contributed by atoms with Crippen molar-refractivity contribution < 1.29 is 22.1 Å². The third kappa shape index (κ3) is 3.73. The SMILES string of the molecule is COC(=O)Nc1nc2ccc(S(=O)(=O)Oc3cc(Cl)ccc3C)cc2[nH]1. The van der Waals surface area contributed by atoms with Gasteiger partial charge in [-0.2, -0.15) is 8.42 Å². The summed E-state index contributed by atoms with van der Waals surface area (Å²) in [6.45, 7) is 1.71. The molecule has 0 bridgehead atoms. The predicted octanol–water partition coefficient (Wildman–Crippen LogP) is 3.47. The number of hydrogen-bond acceptors (Lipinski definition) is 6. The minimum absolute atomic E-state index is 0.0716. The van der Waals surface area contributed by atoms with Gasteiger partial charge in [-0.1, -0.05) is 17.7 Å². The Morgan fingerprint density at radius 3 is 2.73 bits per heavy atom. The average Bonchev–Trinajstić information content (AvgIpc) is 2.99. The van der Waals surface area contributed by atoms with Gasteiger partial charge in [-0.05, 0) is 36.8 Å². The summed E-state index contributed by atoms with van der Waals surface area (Å²) in [5.41, 5.74) is 1.50. The topological polar surface area (TPSA) is 110 Å². The van der Waals surface area contributed by atoms with E-state index in [2.05, 4.69) is 20.0 Å². The zero-order valence-electron chi connectivity index (χ0n) is 13.7. The van der Waals surface area contributed by atoms with Gasteiger partial charge in [0.15, 0.2) is 0 Å². The van der Waals surface area contributed by atoms with Crippen molar-refractivity contribution in [2.24, 2.45) is 0 Å². The number of H-pyrrole nitrogens is 1. The summed E-state index contributed by atoms with van der Waals surface area (Å²) in [4.78, 5) is 18.1. The summed E-state index contributed by atoms with van der Waals surface area (Å²) in [5, 5.41) is 2.73. The minimum atomic E-state index is -4.08. The molecule has 0 saturated heterocycles. The van der Waals surface area contributed by atoms with Crippen LogP contribution in [0.1, 0.15) is 5.56 Å². The van der Waals surface area contributed by atoms with Gasteiger partial charge in [-0.15, -0.1) is 0 Å². The monoisotopic (exact) mass is 395 g/mol. The third-order valence-electron chi connectivity index (χ3n) is 3.50. The molecule has 1 amide bonds. The Morgan fingerprint density at radius 2 is 2.00 bits per heavy atom. The van der Waals surface area contributed by atoms with E-state index in [1.54, 1.807) is 19.1 Å². The standard InChI is InChI=1S/C16H14ClN3O5S/c1-9-3-4-10(17)7-14(9)25-26(22,23)11-5-6-12-13(8-11)19-15(18-12)20-16(21)24-2/h3-8H,1-2H3,(H2,18,19,20,21). The molecule has 2 N–H and O–H groups in total. The summed E-state index contributed by atoms with van der Waals surface area (Å²) >= 11 is 5.89. The number of rotatable bonds is 4. The molecule has 0 unspecified atom stereocenters. The number of anilines is 1. The first kappa shape index (κ1) is 18.0. The summed E-state index contributed by atoms with van der Waals surface area (Å²) in [6.07, 6.45) is -0.698. The molecule has 0 aliphatic rings. The van der Waals surface area contributed by atoms with Crippen LogP contribution in [0.3, 0.4) is 0 Å². The van der Waals surface area contributed by atoms with Gasteiger partial charge in [0.25, 0.3) is 0 Å². The molecule has 10 heteroatoms. The third-order valence-corrected chi connectivity index (χ3v) is 4.96. The van der Waals surface area contributed by atoms with Crippen molar-refractivity contribution in [3.05, 3.63) is 47.0 Å². The largest absolute Gasteiger partial charge is 0.453 e. The Hall–Kier alpha value is -2.78. The molecule has 3 rings (SSSR count). The smallest absolute Gasteiger partial charge is 0.413 e. The molecule has 0 atom stereocenters. The molecule has 136 valence electrons. The highest BCUT2D eigenvalue weighted by Gasteiger charge is 2.19. The molecule has 2 aromatic carbocycles. The second-order valence-corrected chi connectivity index (χ2v) is 7.31. The maximum atomic E-state index is 12.6. The molecule has 0 aliphatic carbocycles. The maximum Gasteiger partial charge on any atom is 0.413 e. The lowest BCUT2D eigenvalue weighted by Crippen LogP contribution is -2.11. The zero-order chi connectivity index (χ0) is 18.9. The first-order valence-corrected chi connectivity index (χ1v) is 9.12. The van der Waals surface area contributed by atoms with E-state index in [9.17, 15) is 13.2 Å². The van der Waals surface area contributed by atoms with Crippen molar-refractivity contribution in [3.8, 4) is 5.75 Å². The van der Waals surface area contributed by atoms with Crippen molar-refractivity contribution in [3.63, 3.8) is 0 Å². The average molecular weight is 396 g/mol. The van der Waals surface area contributed by atoms with Crippen LogP contribution in [-0.2, 0) is 14.9 Å². The summed E-state index contributed by atoms with van der Waals surface area (Å²) in [5.74, 6) is 0.281. The number of aryl methyl sites for hydroxylation is 1. The van der Waals surface area contributed by atoms with E-state index < -0.39 is 16.2 Å². The number of hydrogen-bond donors (Lipinski definition) is 2. The Bertz CT molecular complexity index is 1090. The first-order chi connectivity index (χ1) is 12.3. The van der Waals surface area contributed by atoms with Gasteiger partial charge in [0.2, 0.25) is 5.95 Å². The molecule has 26 heavy (non-hydrogen) atoms. The number of nitrogens with zero attached hydrogens (tertiary/aromatic N) is 1. The van der Waals surface area contributed by atoms with E-state index in [-0.39, 0.29) is 16.6 Å². The number of fused-ring (bicyclic) bond motifs is 1. The van der Waals surface area contributed by atoms with Crippen LogP contribution in [0.5, 0.6) is 5.75 Å². The molecule has 8 nitrogen and oxygen atoms in total. The Labute approximate surface area is 154 Å². The minimum Gasteiger partial charge on any atom is -0.453 e. The Morgan fingerprint density at radius 1 is 1.23 bits per heavy atom. The molecule has 0 aliphatic heterocycles. The normalized spacial score (nSPS) is 11.3. The van der Waals surface area contributed by atoms with E-state index in [0.717, 1.165) is 0 Å². The highest BCUT2D eigenvalue weighted by atomic mass is 35.5. The van der Waals surface area contributed by atoms with Gasteiger partial charge in [-0.25, -0.2) is 9.78 Å². The van der Waals surface area contributed by atoms with Crippen LogP contribution in [0.2, 0.25) is 5.02 Å². The number of nitrogens with one attached hydrogen (secondary N) is 2. The fraction of sp³-hybridized carbons (Fsp3) is 0.125. The van der Waals surface area contributed by atoms with Gasteiger partial charge < -0.3 is 13.9 Å². The van der Waals surface area contributed by atoms with Crippen LogP contribution in [0.15, 0.2) is 41.3 Å². The number of methoxy groups -OCH3 is 1. The predicted molar refractivity (Wildman–Crippen MR) is 96.1 cm³/mol. The maximum absolute atomic E-state index is 12.6. The summed E-state index contributed by atoms with van der Waals surface area (Å²) in [6, 6.07) is 8.95. The number of carbonyl (C=O) groups excluding carboxylic acids is 1. The van der Waals surface area contributed by atoms with E-state index in [1.807, 2.05) is 0 Å². The number of imidazole rings is 1. The van der Waals surface area contributed by atoms with Crippen LogP contribution in [0.4, 0.5) is 10.7 Å². The molecule has 0 fully saturated rings. The van der Waals surface area contributed by atoms with Crippen LogP contribution in [0.25, 0.3) is 11.0 Å². The molecule has 1 aromatic heterocycles. The Balaban J connectivity index is 1.93. The number of aromatic nitrogens is 2. The molecular weight excluding hydrogens is 382 g/mol. The Kier molecular flexibility index (Phi) is 4.75. The number of carbonyl (C=O) groups is 1. The van der Waals surface area contributed by atoms with Gasteiger partial charge in [0.05, 0.1) is 18.1 Å². The van der Waals surface area contributed by atoms with E-state index in [4.69, 9.17) is 15.8 Å². The molecule has 0 spiro atoms. The highest BCUT2D eigenvalue weighted by molar-refractivity contribution is 7.87. The van der Waals surface area contributed by atoms with E-state index in [1.165, 1.54) is 31.4 Å². The van der Waals surface area contributed by atoms with Crippen LogP contribution < -0.4 is 9.50 Å². The molecule has 1 heterocycles. The second kappa shape index (κ2) is 6.85. The fourth-order valence-corrected chi connectivity index (χ4v) is 3.35. The molecular formula is C16H14ClN3O5S. The van der Waals surface area contributed by atoms with E-state index in [0.29, 0.717) is 21.6 Å². The van der Waals surface area contributed by atoms with Gasteiger partial charge in [-0.3, -0.25) is 5.32 Å². The fourth-order valence-electron chi connectivity index (χ4n) is 2.18. The van der Waals surface area contributed by atoms with Crippen molar-refractivity contribution >= 4 is 44.8 Å². The lowest BCUT2D eigenvalue weighted by molar-refractivity contribution is 0.186. The van der Waals surface area contributed by atoms with Crippen molar-refractivity contribution in [2.75, 3.05) is 12.4 Å². The van der Waals surface area contributed by atoms with E-state index >= 15 is 0 Å². The summed E-state index contributed by atoms with van der Waals surface area (Å²) in [7, 11) is -2.86. The van der Waals surface area contributed by atoms with Gasteiger partial charge in [0.1, 0.15) is 10.6 Å². The number of benzene rings is 2. The van der Waals surface area contributed by atoms with Crippen molar-refractivity contribution in [2.45, 2.75) is 11.8 Å².